The molecule has 0 spiro atoms. The summed E-state index contributed by atoms with van der Waals surface area (Å²) in [6.07, 6.45) is 2.94. The van der Waals surface area contributed by atoms with Crippen LogP contribution in [0.15, 0.2) is 0 Å². The quantitative estimate of drug-likeness (QED) is 0.684. The molecule has 1 rings (SSSR count). The number of nitrogens with zero attached hydrogens (tertiary/aromatic N) is 1. The Morgan fingerprint density at radius 1 is 1.59 bits per heavy atom. The molecule has 1 aliphatic rings. The first-order valence-electron chi connectivity index (χ1n) is 6.42. The van der Waals surface area contributed by atoms with Crippen molar-refractivity contribution in [3.63, 3.8) is 0 Å². The van der Waals surface area contributed by atoms with Crippen molar-refractivity contribution in [1.82, 2.24) is 10.2 Å². The van der Waals surface area contributed by atoms with E-state index < -0.39 is 0 Å². The molecule has 1 unspecified atom stereocenters. The van der Waals surface area contributed by atoms with Crippen molar-refractivity contribution in [3.8, 4) is 0 Å². The van der Waals surface area contributed by atoms with E-state index in [-0.39, 0.29) is 24.8 Å². The van der Waals surface area contributed by atoms with E-state index >= 15 is 0 Å². The molecule has 0 radical (unpaired) electrons. The number of urea groups is 1. The number of hydrogen-bond acceptors (Lipinski definition) is 3. The van der Waals surface area contributed by atoms with Gasteiger partial charge in [-0.05, 0) is 33.1 Å². The lowest BCUT2D eigenvalue weighted by Gasteiger charge is -2.23. The van der Waals surface area contributed by atoms with Gasteiger partial charge in [-0.1, -0.05) is 0 Å². The second-order valence-corrected chi connectivity index (χ2v) is 4.68. The number of hydrogen-bond donors (Lipinski definition) is 2. The van der Waals surface area contributed by atoms with Gasteiger partial charge in [0.05, 0.1) is 18.8 Å². The van der Waals surface area contributed by atoms with Crippen molar-refractivity contribution in [3.05, 3.63) is 0 Å². The Morgan fingerprint density at radius 2 is 2.35 bits per heavy atom. The van der Waals surface area contributed by atoms with Crippen molar-refractivity contribution >= 4 is 6.03 Å². The van der Waals surface area contributed by atoms with Gasteiger partial charge in [0.25, 0.3) is 0 Å². The van der Waals surface area contributed by atoms with E-state index in [2.05, 4.69) is 5.32 Å². The van der Waals surface area contributed by atoms with Gasteiger partial charge in [0.2, 0.25) is 0 Å². The molecule has 1 aliphatic heterocycles. The first-order valence-corrected chi connectivity index (χ1v) is 6.42. The standard InChI is InChI=1S/C12H24N2O3/c1-10(2)17-8-4-6-13-12(16)14-7-3-5-11(14)9-15/h10-11,15H,3-9H2,1-2H3,(H,13,16). The van der Waals surface area contributed by atoms with E-state index in [0.717, 1.165) is 25.8 Å². The van der Waals surface area contributed by atoms with Crippen molar-refractivity contribution in [2.75, 3.05) is 26.3 Å². The van der Waals surface area contributed by atoms with Crippen LogP contribution in [0.25, 0.3) is 0 Å². The Bertz CT molecular complexity index is 234. The van der Waals surface area contributed by atoms with E-state index in [1.54, 1.807) is 4.90 Å². The molecule has 0 aromatic rings. The van der Waals surface area contributed by atoms with Crippen molar-refractivity contribution in [2.24, 2.45) is 0 Å². The molecule has 0 aromatic heterocycles. The third kappa shape index (κ3) is 4.91. The third-order valence-corrected chi connectivity index (χ3v) is 2.90. The highest BCUT2D eigenvalue weighted by atomic mass is 16.5. The Balaban J connectivity index is 2.12. The van der Waals surface area contributed by atoms with Crippen molar-refractivity contribution in [2.45, 2.75) is 45.3 Å². The van der Waals surface area contributed by atoms with Crippen LogP contribution in [-0.2, 0) is 4.74 Å². The van der Waals surface area contributed by atoms with Crippen LogP contribution in [0, 0.1) is 0 Å². The average Bonchev–Trinajstić information content (AvgIpc) is 2.75. The van der Waals surface area contributed by atoms with E-state index in [0.29, 0.717) is 13.2 Å². The number of rotatable bonds is 6. The molecule has 0 aromatic carbocycles. The third-order valence-electron chi connectivity index (χ3n) is 2.90. The molecule has 5 nitrogen and oxygen atoms in total. The monoisotopic (exact) mass is 244 g/mol. The smallest absolute Gasteiger partial charge is 0.317 e. The van der Waals surface area contributed by atoms with Crippen LogP contribution in [-0.4, -0.2) is 54.5 Å². The lowest BCUT2D eigenvalue weighted by molar-refractivity contribution is 0.0770. The van der Waals surface area contributed by atoms with Crippen molar-refractivity contribution < 1.29 is 14.6 Å². The van der Waals surface area contributed by atoms with Crippen LogP contribution >= 0.6 is 0 Å². The number of amides is 2. The number of aliphatic hydroxyl groups excluding tert-OH is 1. The first kappa shape index (κ1) is 14.3. The maximum atomic E-state index is 11.8. The number of likely N-dealkylation sites (tertiary alicyclic amines) is 1. The van der Waals surface area contributed by atoms with Gasteiger partial charge >= 0.3 is 6.03 Å². The van der Waals surface area contributed by atoms with Crippen LogP contribution in [0.5, 0.6) is 0 Å². The van der Waals surface area contributed by atoms with E-state index in [1.807, 2.05) is 13.8 Å². The molecule has 100 valence electrons. The summed E-state index contributed by atoms with van der Waals surface area (Å²) in [5.41, 5.74) is 0. The molecule has 2 amide bonds. The molecule has 1 saturated heterocycles. The summed E-state index contributed by atoms with van der Waals surface area (Å²) < 4.78 is 5.39. The van der Waals surface area contributed by atoms with Gasteiger partial charge in [0.1, 0.15) is 0 Å². The summed E-state index contributed by atoms with van der Waals surface area (Å²) in [5, 5.41) is 12.0. The van der Waals surface area contributed by atoms with Gasteiger partial charge in [0, 0.05) is 19.7 Å². The lowest BCUT2D eigenvalue weighted by Crippen LogP contribution is -2.44. The zero-order chi connectivity index (χ0) is 12.7. The van der Waals surface area contributed by atoms with Crippen LogP contribution in [0.2, 0.25) is 0 Å². The molecule has 1 atom stereocenters. The second-order valence-electron chi connectivity index (χ2n) is 4.68. The molecule has 1 fully saturated rings. The highest BCUT2D eigenvalue weighted by molar-refractivity contribution is 5.74. The number of carbonyl (C=O) groups excluding carboxylic acids is 1. The molecule has 0 aliphatic carbocycles. The van der Waals surface area contributed by atoms with E-state index in [9.17, 15) is 4.79 Å². The highest BCUT2D eigenvalue weighted by Crippen LogP contribution is 2.16. The summed E-state index contributed by atoms with van der Waals surface area (Å²) in [7, 11) is 0. The summed E-state index contributed by atoms with van der Waals surface area (Å²) in [6, 6.07) is -0.0620. The minimum absolute atomic E-state index is 0.00177. The molecule has 17 heavy (non-hydrogen) atoms. The van der Waals surface area contributed by atoms with Gasteiger partial charge < -0.3 is 20.1 Å². The summed E-state index contributed by atoms with van der Waals surface area (Å²) >= 11 is 0. The zero-order valence-corrected chi connectivity index (χ0v) is 10.8. The Hall–Kier alpha value is -0.810. The highest BCUT2D eigenvalue weighted by Gasteiger charge is 2.27. The molecular formula is C12H24N2O3. The Kier molecular flexibility index (Phi) is 6.29. The fraction of sp³-hybridized carbons (Fsp3) is 0.917. The Labute approximate surface area is 103 Å². The van der Waals surface area contributed by atoms with Crippen LogP contribution in [0.1, 0.15) is 33.1 Å². The molecule has 0 bridgehead atoms. The predicted molar refractivity (Wildman–Crippen MR) is 65.9 cm³/mol. The van der Waals surface area contributed by atoms with E-state index in [4.69, 9.17) is 9.84 Å². The summed E-state index contributed by atoms with van der Waals surface area (Å²) in [4.78, 5) is 13.5. The fourth-order valence-electron chi connectivity index (χ4n) is 1.98. The SMILES string of the molecule is CC(C)OCCCNC(=O)N1CCCC1CO. The van der Waals surface area contributed by atoms with Gasteiger partial charge in [0.15, 0.2) is 0 Å². The van der Waals surface area contributed by atoms with Gasteiger partial charge in [-0.25, -0.2) is 4.79 Å². The van der Waals surface area contributed by atoms with Crippen LogP contribution < -0.4 is 5.32 Å². The average molecular weight is 244 g/mol. The predicted octanol–water partition coefficient (Wildman–Crippen LogP) is 0.968. The topological polar surface area (TPSA) is 61.8 Å². The number of ether oxygens (including phenoxy) is 1. The second kappa shape index (κ2) is 7.50. The number of nitrogens with one attached hydrogen (secondary N) is 1. The normalized spacial score (nSPS) is 20.0. The number of aliphatic hydroxyl groups is 1. The maximum absolute atomic E-state index is 11.8. The van der Waals surface area contributed by atoms with Gasteiger partial charge in [-0.2, -0.15) is 0 Å². The summed E-state index contributed by atoms with van der Waals surface area (Å²) in [5.74, 6) is 0. The largest absolute Gasteiger partial charge is 0.394 e. The Morgan fingerprint density at radius 3 is 3.00 bits per heavy atom. The van der Waals surface area contributed by atoms with Gasteiger partial charge in [-0.3, -0.25) is 0 Å². The minimum atomic E-state index is -0.0638. The molecule has 1 heterocycles. The molecule has 0 saturated carbocycles. The van der Waals surface area contributed by atoms with Crippen LogP contribution in [0.4, 0.5) is 4.79 Å². The molecule has 2 N–H and O–H groups in total. The maximum Gasteiger partial charge on any atom is 0.317 e. The summed E-state index contributed by atoms with van der Waals surface area (Å²) in [6.45, 7) is 6.09. The lowest BCUT2D eigenvalue weighted by atomic mass is 10.2. The van der Waals surface area contributed by atoms with Gasteiger partial charge in [-0.15, -0.1) is 0 Å². The van der Waals surface area contributed by atoms with E-state index in [1.165, 1.54) is 0 Å². The molecule has 5 heteroatoms. The minimum Gasteiger partial charge on any atom is -0.394 e. The number of carbonyl (C=O) groups is 1. The van der Waals surface area contributed by atoms with Crippen molar-refractivity contribution in [1.29, 1.82) is 0 Å². The van der Waals surface area contributed by atoms with Crippen LogP contribution in [0.3, 0.4) is 0 Å². The zero-order valence-electron chi connectivity index (χ0n) is 10.8. The fourth-order valence-corrected chi connectivity index (χ4v) is 1.98. The molecular weight excluding hydrogens is 220 g/mol. The first-order chi connectivity index (χ1) is 8.15.